The summed E-state index contributed by atoms with van der Waals surface area (Å²) in [7, 11) is 0. The van der Waals surface area contributed by atoms with Gasteiger partial charge in [-0.05, 0) is 55.8 Å². The quantitative estimate of drug-likeness (QED) is 0.444. The fourth-order valence-corrected chi connectivity index (χ4v) is 4.00. The molecule has 4 heterocycles. The summed E-state index contributed by atoms with van der Waals surface area (Å²) in [4.78, 5) is 17.7. The molecular formula is C23H19ClN2O4. The molecule has 3 aromatic heterocycles. The van der Waals surface area contributed by atoms with E-state index < -0.39 is 0 Å². The Bertz CT molecular complexity index is 1270. The summed E-state index contributed by atoms with van der Waals surface area (Å²) < 4.78 is 17.5. The summed E-state index contributed by atoms with van der Waals surface area (Å²) in [5.74, 6) is 0.363. The lowest BCUT2D eigenvalue weighted by Gasteiger charge is -2.32. The number of nitrogens with two attached hydrogens (primary N) is 1. The van der Waals surface area contributed by atoms with Gasteiger partial charge >= 0.3 is 0 Å². The monoisotopic (exact) mass is 422 g/mol. The van der Waals surface area contributed by atoms with E-state index in [1.165, 1.54) is 0 Å². The van der Waals surface area contributed by atoms with E-state index in [1.54, 1.807) is 36.6 Å². The largest absolute Gasteiger partial charge is 0.463 e. The number of hydrogen-bond acceptors (Lipinski definition) is 6. The number of nitrogen functional groups attached to an aromatic ring is 1. The van der Waals surface area contributed by atoms with E-state index in [9.17, 15) is 4.79 Å². The summed E-state index contributed by atoms with van der Waals surface area (Å²) in [5.41, 5.74) is 9.61. The molecule has 0 saturated carbocycles. The second kappa shape index (κ2) is 6.72. The summed E-state index contributed by atoms with van der Waals surface area (Å²) in [5, 5.41) is 1.21. The van der Waals surface area contributed by atoms with Gasteiger partial charge in [0.25, 0.3) is 0 Å². The van der Waals surface area contributed by atoms with Crippen LogP contribution in [0.2, 0.25) is 5.02 Å². The molecule has 1 aliphatic rings. The number of pyridine rings is 1. The Hall–Kier alpha value is -3.09. The van der Waals surface area contributed by atoms with Crippen LogP contribution in [-0.2, 0) is 17.8 Å². The minimum Gasteiger partial charge on any atom is -0.463 e. The topological polar surface area (TPSA) is 91.5 Å². The number of carbonyl (C=O) groups is 1. The Kier molecular flexibility index (Phi) is 4.24. The lowest BCUT2D eigenvalue weighted by molar-refractivity contribution is -0.0395. The second-order valence-corrected chi connectivity index (χ2v) is 8.42. The molecule has 4 aromatic rings. The molecule has 7 heteroatoms. The zero-order chi connectivity index (χ0) is 21.0. The van der Waals surface area contributed by atoms with Crippen LogP contribution in [-0.4, -0.2) is 16.4 Å². The van der Waals surface area contributed by atoms with Gasteiger partial charge in [-0.15, -0.1) is 0 Å². The fraction of sp³-hybridized carbons (Fsp3) is 0.217. The molecular weight excluding hydrogens is 404 g/mol. The molecule has 0 unspecified atom stereocenters. The van der Waals surface area contributed by atoms with E-state index in [2.05, 4.69) is 4.98 Å². The highest BCUT2D eigenvalue weighted by molar-refractivity contribution is 6.30. The lowest BCUT2D eigenvalue weighted by Crippen LogP contribution is -2.32. The number of benzene rings is 1. The van der Waals surface area contributed by atoms with E-state index in [1.807, 2.05) is 19.9 Å². The van der Waals surface area contributed by atoms with Crippen molar-refractivity contribution in [1.82, 2.24) is 4.98 Å². The number of nitrogens with zero attached hydrogens (tertiary/aromatic N) is 1. The number of anilines is 1. The molecule has 0 bridgehead atoms. The molecule has 0 spiro atoms. The maximum Gasteiger partial charge on any atom is 0.230 e. The SMILES string of the molecule is CC1(C)Cc2c(c(-c3ccco3)nc3oc(C(=O)c4ccc(Cl)cc4)c(N)c23)CO1. The molecule has 0 amide bonds. The first-order chi connectivity index (χ1) is 14.3. The van der Waals surface area contributed by atoms with Crippen molar-refractivity contribution in [2.45, 2.75) is 32.5 Å². The molecule has 0 aliphatic carbocycles. The molecule has 152 valence electrons. The van der Waals surface area contributed by atoms with E-state index in [4.69, 9.17) is 30.9 Å². The van der Waals surface area contributed by atoms with Crippen molar-refractivity contribution in [2.75, 3.05) is 5.73 Å². The zero-order valence-electron chi connectivity index (χ0n) is 16.5. The molecule has 2 N–H and O–H groups in total. The molecule has 0 saturated heterocycles. The van der Waals surface area contributed by atoms with E-state index in [-0.39, 0.29) is 22.8 Å². The number of rotatable bonds is 3. The minimum absolute atomic E-state index is 0.0721. The van der Waals surface area contributed by atoms with Crippen LogP contribution in [0.5, 0.6) is 0 Å². The first kappa shape index (κ1) is 18.9. The van der Waals surface area contributed by atoms with Crippen molar-refractivity contribution in [3.05, 3.63) is 70.1 Å². The first-order valence-electron chi connectivity index (χ1n) is 9.56. The predicted octanol–water partition coefficient (Wildman–Crippen LogP) is 5.41. The third kappa shape index (κ3) is 3.00. The standard InChI is InChI=1S/C23H19ClN2O4/c1-23(2)10-14-15(11-29-23)19(16-4-3-9-28-16)26-22-17(14)18(25)21(30-22)20(27)12-5-7-13(24)8-6-12/h3-9H,10-11,25H2,1-2H3. The number of fused-ring (bicyclic) bond motifs is 3. The maximum atomic E-state index is 13.1. The van der Waals surface area contributed by atoms with Crippen molar-refractivity contribution in [3.63, 3.8) is 0 Å². The van der Waals surface area contributed by atoms with Crippen LogP contribution >= 0.6 is 11.6 Å². The Morgan fingerprint density at radius 2 is 1.93 bits per heavy atom. The van der Waals surface area contributed by atoms with Crippen LogP contribution in [0, 0.1) is 0 Å². The number of ketones is 1. The number of ether oxygens (including phenoxy) is 1. The Morgan fingerprint density at radius 1 is 1.17 bits per heavy atom. The number of aromatic nitrogens is 1. The highest BCUT2D eigenvalue weighted by Crippen LogP contribution is 2.42. The molecule has 0 fully saturated rings. The highest BCUT2D eigenvalue weighted by Gasteiger charge is 2.34. The molecule has 1 aromatic carbocycles. The molecule has 0 atom stereocenters. The number of furan rings is 2. The van der Waals surface area contributed by atoms with Gasteiger partial charge in [-0.25, -0.2) is 4.98 Å². The number of halogens is 1. The van der Waals surface area contributed by atoms with Crippen LogP contribution in [0.1, 0.15) is 41.1 Å². The molecule has 5 rings (SSSR count). The molecule has 30 heavy (non-hydrogen) atoms. The van der Waals surface area contributed by atoms with Crippen molar-refractivity contribution >= 4 is 34.2 Å². The predicted molar refractivity (Wildman–Crippen MR) is 114 cm³/mol. The van der Waals surface area contributed by atoms with Crippen molar-refractivity contribution < 1.29 is 18.4 Å². The van der Waals surface area contributed by atoms with Gasteiger partial charge in [-0.3, -0.25) is 4.79 Å². The summed E-state index contributed by atoms with van der Waals surface area (Å²) in [6, 6.07) is 10.2. The average molecular weight is 423 g/mol. The molecule has 1 aliphatic heterocycles. The van der Waals surface area contributed by atoms with Crippen LogP contribution in [0.3, 0.4) is 0 Å². The average Bonchev–Trinajstić information content (AvgIpc) is 3.35. The van der Waals surface area contributed by atoms with Gasteiger partial charge in [-0.1, -0.05) is 11.6 Å². The lowest BCUT2D eigenvalue weighted by atomic mass is 9.88. The van der Waals surface area contributed by atoms with E-state index >= 15 is 0 Å². The first-order valence-corrected chi connectivity index (χ1v) is 9.94. The van der Waals surface area contributed by atoms with E-state index in [0.717, 1.165) is 11.1 Å². The van der Waals surface area contributed by atoms with Gasteiger partial charge in [-0.2, -0.15) is 0 Å². The third-order valence-corrected chi connectivity index (χ3v) is 5.62. The van der Waals surface area contributed by atoms with Gasteiger partial charge < -0.3 is 19.3 Å². The van der Waals surface area contributed by atoms with Crippen LogP contribution in [0.4, 0.5) is 5.69 Å². The normalized spacial score (nSPS) is 15.3. The van der Waals surface area contributed by atoms with Gasteiger partial charge in [0, 0.05) is 22.6 Å². The third-order valence-electron chi connectivity index (χ3n) is 5.37. The Morgan fingerprint density at radius 3 is 2.63 bits per heavy atom. The fourth-order valence-electron chi connectivity index (χ4n) is 3.88. The maximum absolute atomic E-state index is 13.1. The number of hydrogen-bond donors (Lipinski definition) is 1. The van der Waals surface area contributed by atoms with Gasteiger partial charge in [0.05, 0.1) is 29.5 Å². The molecule has 0 radical (unpaired) electrons. The smallest absolute Gasteiger partial charge is 0.230 e. The Balaban J connectivity index is 1.74. The summed E-state index contributed by atoms with van der Waals surface area (Å²) in [6.45, 7) is 4.40. The number of carbonyl (C=O) groups excluding carboxylic acids is 1. The second-order valence-electron chi connectivity index (χ2n) is 7.98. The summed E-state index contributed by atoms with van der Waals surface area (Å²) >= 11 is 5.94. The molecule has 6 nitrogen and oxygen atoms in total. The van der Waals surface area contributed by atoms with Crippen molar-refractivity contribution in [1.29, 1.82) is 0 Å². The minimum atomic E-state index is -0.383. The van der Waals surface area contributed by atoms with Crippen molar-refractivity contribution in [2.24, 2.45) is 0 Å². The van der Waals surface area contributed by atoms with Crippen LogP contribution in [0.15, 0.2) is 51.5 Å². The van der Waals surface area contributed by atoms with Gasteiger partial charge in [0.15, 0.2) is 5.76 Å². The Labute approximate surface area is 177 Å². The van der Waals surface area contributed by atoms with Gasteiger partial charge in [0.1, 0.15) is 5.69 Å². The van der Waals surface area contributed by atoms with E-state index in [0.29, 0.717) is 46.2 Å². The van der Waals surface area contributed by atoms with Crippen molar-refractivity contribution in [3.8, 4) is 11.5 Å². The highest BCUT2D eigenvalue weighted by atomic mass is 35.5. The van der Waals surface area contributed by atoms with Gasteiger partial charge in [0.2, 0.25) is 17.3 Å². The van der Waals surface area contributed by atoms with Crippen LogP contribution < -0.4 is 5.73 Å². The summed E-state index contributed by atoms with van der Waals surface area (Å²) in [6.07, 6.45) is 2.20. The van der Waals surface area contributed by atoms with Crippen LogP contribution in [0.25, 0.3) is 22.6 Å². The zero-order valence-corrected chi connectivity index (χ0v) is 17.2.